The van der Waals surface area contributed by atoms with Crippen LogP contribution in [0, 0.1) is 10.1 Å². The Morgan fingerprint density at radius 3 is 2.89 bits per heavy atom. The minimum atomic E-state index is -0.988. The zero-order chi connectivity index (χ0) is 14.4. The van der Waals surface area contributed by atoms with Crippen LogP contribution in [-0.2, 0) is 10.8 Å². The van der Waals surface area contributed by atoms with Crippen molar-refractivity contribution in [2.24, 2.45) is 0 Å². The van der Waals surface area contributed by atoms with E-state index in [1.807, 2.05) is 0 Å². The summed E-state index contributed by atoms with van der Waals surface area (Å²) >= 11 is 5.71. The summed E-state index contributed by atoms with van der Waals surface area (Å²) in [5.41, 5.74) is -0.384. The smallest absolute Gasteiger partial charge is 0.288 e. The Morgan fingerprint density at radius 2 is 2.32 bits per heavy atom. The maximum absolute atomic E-state index is 11.8. The van der Waals surface area contributed by atoms with E-state index < -0.39 is 21.6 Å². The molecule has 104 valence electrons. The highest BCUT2D eigenvalue weighted by molar-refractivity contribution is 7.84. The number of halogens is 1. The second kappa shape index (κ2) is 7.15. The SMILES string of the molecule is CCS(=O)CCNC(=O)c1cc([N+](=O)[O-])cnc1Cl. The summed E-state index contributed by atoms with van der Waals surface area (Å²) in [5, 5.41) is 13.0. The van der Waals surface area contributed by atoms with Crippen molar-refractivity contribution < 1.29 is 13.9 Å². The molecule has 0 aliphatic heterocycles. The summed E-state index contributed by atoms with van der Waals surface area (Å²) in [6.45, 7) is 1.98. The molecule has 1 aromatic heterocycles. The van der Waals surface area contributed by atoms with Gasteiger partial charge in [0.15, 0.2) is 0 Å². The van der Waals surface area contributed by atoms with Crippen molar-refractivity contribution in [3.05, 3.63) is 33.1 Å². The number of nitrogens with one attached hydrogen (secondary N) is 1. The van der Waals surface area contributed by atoms with Crippen LogP contribution in [0.3, 0.4) is 0 Å². The van der Waals surface area contributed by atoms with Gasteiger partial charge < -0.3 is 5.32 Å². The molecule has 0 fully saturated rings. The largest absolute Gasteiger partial charge is 0.351 e. The summed E-state index contributed by atoms with van der Waals surface area (Å²) in [4.78, 5) is 25.3. The highest BCUT2D eigenvalue weighted by Crippen LogP contribution is 2.18. The van der Waals surface area contributed by atoms with Crippen LogP contribution in [0.5, 0.6) is 0 Å². The molecule has 0 aliphatic rings. The number of pyridine rings is 1. The minimum Gasteiger partial charge on any atom is -0.351 e. The Labute approximate surface area is 117 Å². The zero-order valence-electron chi connectivity index (χ0n) is 10.1. The van der Waals surface area contributed by atoms with E-state index >= 15 is 0 Å². The lowest BCUT2D eigenvalue weighted by atomic mass is 10.2. The molecule has 19 heavy (non-hydrogen) atoms. The molecule has 0 saturated carbocycles. The van der Waals surface area contributed by atoms with Crippen molar-refractivity contribution in [2.45, 2.75) is 6.92 Å². The van der Waals surface area contributed by atoms with E-state index in [4.69, 9.17) is 11.6 Å². The molecule has 1 unspecified atom stereocenters. The van der Waals surface area contributed by atoms with Crippen LogP contribution < -0.4 is 5.32 Å². The molecule has 0 aromatic carbocycles. The lowest BCUT2D eigenvalue weighted by molar-refractivity contribution is -0.385. The summed E-state index contributed by atoms with van der Waals surface area (Å²) < 4.78 is 11.2. The molecule has 0 spiro atoms. The second-order valence-corrected chi connectivity index (χ2v) is 5.70. The van der Waals surface area contributed by atoms with E-state index in [0.717, 1.165) is 12.3 Å². The molecule has 0 aliphatic carbocycles. The molecule has 1 heterocycles. The Hall–Kier alpha value is -1.54. The number of aromatic nitrogens is 1. The molecule has 0 radical (unpaired) electrons. The average molecular weight is 306 g/mol. The van der Waals surface area contributed by atoms with Crippen LogP contribution in [0.15, 0.2) is 12.3 Å². The number of nitro groups is 1. The molecule has 0 saturated heterocycles. The van der Waals surface area contributed by atoms with Gasteiger partial charge in [0.1, 0.15) is 11.3 Å². The van der Waals surface area contributed by atoms with Gasteiger partial charge >= 0.3 is 0 Å². The zero-order valence-corrected chi connectivity index (χ0v) is 11.7. The fourth-order valence-corrected chi connectivity index (χ4v) is 2.02. The van der Waals surface area contributed by atoms with E-state index in [1.54, 1.807) is 6.92 Å². The van der Waals surface area contributed by atoms with Gasteiger partial charge in [0.2, 0.25) is 0 Å². The van der Waals surface area contributed by atoms with Gasteiger partial charge in [-0.2, -0.15) is 0 Å². The van der Waals surface area contributed by atoms with Crippen LogP contribution >= 0.6 is 11.6 Å². The van der Waals surface area contributed by atoms with Gasteiger partial charge in [-0.15, -0.1) is 0 Å². The fourth-order valence-electron chi connectivity index (χ4n) is 1.21. The van der Waals surface area contributed by atoms with Crippen LogP contribution in [0.4, 0.5) is 5.69 Å². The van der Waals surface area contributed by atoms with Crippen molar-refractivity contribution in [3.63, 3.8) is 0 Å². The predicted molar refractivity (Wildman–Crippen MR) is 71.8 cm³/mol. The Bertz CT molecular complexity index is 523. The highest BCUT2D eigenvalue weighted by atomic mass is 35.5. The minimum absolute atomic E-state index is 0.0712. The molecular weight excluding hydrogens is 294 g/mol. The molecule has 1 atom stereocenters. The number of rotatable bonds is 6. The fraction of sp³-hybridized carbons (Fsp3) is 0.400. The first-order valence-corrected chi connectivity index (χ1v) is 7.25. The standard InChI is InChI=1S/C10H12ClN3O4S/c1-2-19(18)4-3-12-10(15)8-5-7(14(16)17)6-13-9(8)11/h5-6H,2-4H2,1H3,(H,12,15). The summed E-state index contributed by atoms with van der Waals surface area (Å²) in [7, 11) is -0.988. The molecule has 9 heteroatoms. The lowest BCUT2D eigenvalue weighted by Gasteiger charge is -2.05. The molecule has 1 rings (SSSR count). The Balaban J connectivity index is 2.73. The molecule has 0 bridgehead atoms. The molecule has 1 aromatic rings. The second-order valence-electron chi connectivity index (χ2n) is 3.48. The van der Waals surface area contributed by atoms with Gasteiger partial charge in [-0.05, 0) is 0 Å². The number of carbonyl (C=O) groups is 1. The summed E-state index contributed by atoms with van der Waals surface area (Å²) in [6.07, 6.45) is 0.977. The van der Waals surface area contributed by atoms with Crippen molar-refractivity contribution in [1.82, 2.24) is 10.3 Å². The number of carbonyl (C=O) groups excluding carboxylic acids is 1. The van der Waals surface area contributed by atoms with Crippen molar-refractivity contribution >= 4 is 34.0 Å². The summed E-state index contributed by atoms with van der Waals surface area (Å²) in [5.74, 6) is 0.256. The first kappa shape index (κ1) is 15.5. The van der Waals surface area contributed by atoms with E-state index in [2.05, 4.69) is 10.3 Å². The van der Waals surface area contributed by atoms with Gasteiger partial charge in [0.05, 0.1) is 10.5 Å². The van der Waals surface area contributed by atoms with Gasteiger partial charge in [0.25, 0.3) is 11.6 Å². The van der Waals surface area contributed by atoms with Gasteiger partial charge in [-0.1, -0.05) is 18.5 Å². The quantitative estimate of drug-likeness (QED) is 0.482. The molecule has 1 amide bonds. The monoisotopic (exact) mass is 305 g/mol. The maximum Gasteiger partial charge on any atom is 0.288 e. The maximum atomic E-state index is 11.8. The molecule has 7 nitrogen and oxygen atoms in total. The normalized spacial score (nSPS) is 11.9. The van der Waals surface area contributed by atoms with Crippen molar-refractivity contribution in [2.75, 3.05) is 18.1 Å². The third-order valence-corrected chi connectivity index (χ3v) is 3.82. The lowest BCUT2D eigenvalue weighted by Crippen LogP contribution is -2.28. The van der Waals surface area contributed by atoms with Crippen molar-refractivity contribution in [3.8, 4) is 0 Å². The molecule has 1 N–H and O–H groups in total. The number of nitrogens with zero attached hydrogens (tertiary/aromatic N) is 2. The Kier molecular flexibility index (Phi) is 5.84. The third-order valence-electron chi connectivity index (χ3n) is 2.22. The van der Waals surface area contributed by atoms with E-state index in [-0.39, 0.29) is 22.9 Å². The van der Waals surface area contributed by atoms with Crippen LogP contribution in [0.2, 0.25) is 5.15 Å². The average Bonchev–Trinajstić information content (AvgIpc) is 2.38. The van der Waals surface area contributed by atoms with E-state index in [1.165, 1.54) is 0 Å². The highest BCUT2D eigenvalue weighted by Gasteiger charge is 2.16. The van der Waals surface area contributed by atoms with Crippen LogP contribution in [0.25, 0.3) is 0 Å². The predicted octanol–water partition coefficient (Wildman–Crippen LogP) is 1.14. The van der Waals surface area contributed by atoms with Gasteiger partial charge in [0, 0.05) is 34.9 Å². The Morgan fingerprint density at radius 1 is 1.63 bits per heavy atom. The van der Waals surface area contributed by atoms with Gasteiger partial charge in [-0.25, -0.2) is 4.98 Å². The van der Waals surface area contributed by atoms with Crippen LogP contribution in [-0.4, -0.2) is 38.1 Å². The van der Waals surface area contributed by atoms with Crippen LogP contribution in [0.1, 0.15) is 17.3 Å². The number of amides is 1. The first-order valence-electron chi connectivity index (χ1n) is 5.38. The topological polar surface area (TPSA) is 102 Å². The van der Waals surface area contributed by atoms with Gasteiger partial charge in [-0.3, -0.25) is 19.1 Å². The van der Waals surface area contributed by atoms with E-state index in [0.29, 0.717) is 11.5 Å². The van der Waals surface area contributed by atoms with Crippen molar-refractivity contribution in [1.29, 1.82) is 0 Å². The van der Waals surface area contributed by atoms with E-state index in [9.17, 15) is 19.1 Å². The third kappa shape index (κ3) is 4.56. The summed E-state index contributed by atoms with van der Waals surface area (Å²) in [6, 6.07) is 1.06. The molecular formula is C10H12ClN3O4S. The number of hydrogen-bond donors (Lipinski definition) is 1. The first-order chi connectivity index (χ1) is 8.95. The number of hydrogen-bond acceptors (Lipinski definition) is 5.